The molecule has 0 aromatic carbocycles. The average molecular weight is 233 g/mol. The zero-order valence-corrected chi connectivity index (χ0v) is 9.46. The molecule has 0 aromatic rings. The fraction of sp³-hybridized carbons (Fsp3) is 0.778. The van der Waals surface area contributed by atoms with E-state index in [9.17, 15) is 13.2 Å². The summed E-state index contributed by atoms with van der Waals surface area (Å²) in [7, 11) is -3.56. The standard InChI is InChI=1S/C9H15NO4S/c1-2-8(9(11)12)15(13,14)7-5-3-4-6-10/h8H,2-5,7H2,1H3,(H,11,12). The Balaban J connectivity index is 4.29. The van der Waals surface area contributed by atoms with Crippen molar-refractivity contribution in [3.05, 3.63) is 0 Å². The van der Waals surface area contributed by atoms with Crippen molar-refractivity contribution >= 4 is 15.8 Å². The molecule has 0 aliphatic rings. The minimum atomic E-state index is -3.56. The van der Waals surface area contributed by atoms with Crippen LogP contribution in [0.2, 0.25) is 0 Å². The number of hydrogen-bond acceptors (Lipinski definition) is 4. The first kappa shape index (κ1) is 13.9. The molecule has 0 aliphatic heterocycles. The smallest absolute Gasteiger partial charge is 0.321 e. The van der Waals surface area contributed by atoms with Gasteiger partial charge in [0.05, 0.1) is 11.8 Å². The number of nitriles is 1. The number of carboxylic acids is 1. The number of nitrogens with zero attached hydrogens (tertiary/aromatic N) is 1. The van der Waals surface area contributed by atoms with Crippen LogP contribution in [0, 0.1) is 11.3 Å². The Bertz CT molecular complexity index is 342. The van der Waals surface area contributed by atoms with Gasteiger partial charge in [-0.15, -0.1) is 0 Å². The summed E-state index contributed by atoms with van der Waals surface area (Å²) in [5, 5.41) is 15.6. The van der Waals surface area contributed by atoms with E-state index in [4.69, 9.17) is 10.4 Å². The molecule has 0 fully saturated rings. The lowest BCUT2D eigenvalue weighted by atomic mass is 10.3. The lowest BCUT2D eigenvalue weighted by Gasteiger charge is -2.10. The number of aliphatic carboxylic acids is 1. The first-order valence-electron chi connectivity index (χ1n) is 4.77. The maximum absolute atomic E-state index is 11.5. The predicted octanol–water partition coefficient (Wildman–Crippen LogP) is 0.958. The zero-order chi connectivity index (χ0) is 11.9. The predicted molar refractivity (Wildman–Crippen MR) is 55.0 cm³/mol. The molecular formula is C9H15NO4S. The Labute approximate surface area is 89.6 Å². The van der Waals surface area contributed by atoms with E-state index in [-0.39, 0.29) is 12.2 Å². The summed E-state index contributed by atoms with van der Waals surface area (Å²) in [6.45, 7) is 1.53. The van der Waals surface area contributed by atoms with Crippen LogP contribution in [-0.4, -0.2) is 30.5 Å². The molecule has 0 radical (unpaired) electrons. The number of rotatable bonds is 7. The minimum Gasteiger partial charge on any atom is -0.480 e. The van der Waals surface area contributed by atoms with E-state index in [1.165, 1.54) is 6.92 Å². The van der Waals surface area contributed by atoms with Crippen molar-refractivity contribution in [2.75, 3.05) is 5.75 Å². The molecule has 1 atom stereocenters. The van der Waals surface area contributed by atoms with Gasteiger partial charge in [0.1, 0.15) is 0 Å². The Morgan fingerprint density at radius 1 is 1.47 bits per heavy atom. The van der Waals surface area contributed by atoms with Gasteiger partial charge in [0.25, 0.3) is 0 Å². The van der Waals surface area contributed by atoms with Gasteiger partial charge in [-0.3, -0.25) is 4.79 Å². The Hall–Kier alpha value is -1.09. The van der Waals surface area contributed by atoms with Crippen LogP contribution in [0.15, 0.2) is 0 Å². The van der Waals surface area contributed by atoms with Gasteiger partial charge in [-0.05, 0) is 19.3 Å². The van der Waals surface area contributed by atoms with E-state index in [2.05, 4.69) is 0 Å². The lowest BCUT2D eigenvalue weighted by molar-refractivity contribution is -0.136. The summed E-state index contributed by atoms with van der Waals surface area (Å²) in [6.07, 6.45) is 1.22. The van der Waals surface area contributed by atoms with E-state index < -0.39 is 21.1 Å². The molecule has 1 unspecified atom stereocenters. The Kier molecular flexibility index (Phi) is 5.94. The van der Waals surface area contributed by atoms with Gasteiger partial charge in [0.2, 0.25) is 0 Å². The fourth-order valence-corrected chi connectivity index (χ4v) is 2.94. The van der Waals surface area contributed by atoms with Crippen LogP contribution >= 0.6 is 0 Å². The van der Waals surface area contributed by atoms with Crippen LogP contribution in [-0.2, 0) is 14.6 Å². The SMILES string of the molecule is CCC(C(=O)O)S(=O)(=O)CCCCC#N. The Morgan fingerprint density at radius 2 is 2.07 bits per heavy atom. The van der Waals surface area contributed by atoms with Crippen molar-refractivity contribution in [1.82, 2.24) is 0 Å². The van der Waals surface area contributed by atoms with Crippen LogP contribution in [0.3, 0.4) is 0 Å². The fourth-order valence-electron chi connectivity index (χ4n) is 1.23. The maximum Gasteiger partial charge on any atom is 0.321 e. The van der Waals surface area contributed by atoms with Crippen LogP contribution in [0.4, 0.5) is 0 Å². The minimum absolute atomic E-state index is 0.0793. The summed E-state index contributed by atoms with van der Waals surface area (Å²) in [5.41, 5.74) is 0. The van der Waals surface area contributed by atoms with Gasteiger partial charge in [0.15, 0.2) is 15.1 Å². The summed E-state index contributed by atoms with van der Waals surface area (Å²) in [6, 6.07) is 1.91. The van der Waals surface area contributed by atoms with Crippen LogP contribution < -0.4 is 0 Å². The molecule has 0 saturated heterocycles. The van der Waals surface area contributed by atoms with Crippen molar-refractivity contribution in [2.24, 2.45) is 0 Å². The van der Waals surface area contributed by atoms with Crippen LogP contribution in [0.5, 0.6) is 0 Å². The zero-order valence-electron chi connectivity index (χ0n) is 8.64. The van der Waals surface area contributed by atoms with Crippen LogP contribution in [0.1, 0.15) is 32.6 Å². The molecule has 6 heteroatoms. The number of sulfone groups is 1. The van der Waals surface area contributed by atoms with E-state index in [0.717, 1.165) is 0 Å². The molecular weight excluding hydrogens is 218 g/mol. The molecule has 86 valence electrons. The third kappa shape index (κ3) is 4.79. The summed E-state index contributed by atoms with van der Waals surface area (Å²) in [4.78, 5) is 10.6. The molecule has 0 rings (SSSR count). The normalized spacial score (nSPS) is 13.1. The Morgan fingerprint density at radius 3 is 2.47 bits per heavy atom. The second kappa shape index (κ2) is 6.40. The summed E-state index contributed by atoms with van der Waals surface area (Å²) >= 11 is 0. The van der Waals surface area contributed by atoms with Gasteiger partial charge in [-0.1, -0.05) is 6.92 Å². The molecule has 1 N–H and O–H groups in total. The summed E-state index contributed by atoms with van der Waals surface area (Å²) in [5.74, 6) is -1.45. The number of unbranched alkanes of at least 4 members (excludes halogenated alkanes) is 2. The molecule has 0 aliphatic carbocycles. The lowest BCUT2D eigenvalue weighted by Crippen LogP contribution is -2.31. The van der Waals surface area contributed by atoms with Crippen molar-refractivity contribution in [2.45, 2.75) is 37.9 Å². The van der Waals surface area contributed by atoms with Gasteiger partial charge >= 0.3 is 5.97 Å². The van der Waals surface area contributed by atoms with Gasteiger partial charge in [-0.2, -0.15) is 5.26 Å². The van der Waals surface area contributed by atoms with Crippen molar-refractivity contribution in [3.8, 4) is 6.07 Å². The summed E-state index contributed by atoms with van der Waals surface area (Å²) < 4.78 is 23.0. The first-order valence-corrected chi connectivity index (χ1v) is 6.48. The molecule has 15 heavy (non-hydrogen) atoms. The highest BCUT2D eigenvalue weighted by Crippen LogP contribution is 2.10. The van der Waals surface area contributed by atoms with E-state index in [1.807, 2.05) is 6.07 Å². The highest BCUT2D eigenvalue weighted by Gasteiger charge is 2.29. The number of carboxylic acid groups (broad SMARTS) is 1. The van der Waals surface area contributed by atoms with Crippen LogP contribution in [0.25, 0.3) is 0 Å². The highest BCUT2D eigenvalue weighted by atomic mass is 32.2. The van der Waals surface area contributed by atoms with E-state index in [1.54, 1.807) is 0 Å². The third-order valence-corrected chi connectivity index (χ3v) is 4.31. The number of carbonyl (C=O) groups is 1. The first-order chi connectivity index (χ1) is 6.95. The quantitative estimate of drug-likeness (QED) is 0.661. The molecule has 0 spiro atoms. The van der Waals surface area contributed by atoms with Crippen molar-refractivity contribution in [3.63, 3.8) is 0 Å². The molecule has 0 aromatic heterocycles. The topological polar surface area (TPSA) is 95.2 Å². The molecule has 0 saturated carbocycles. The van der Waals surface area contributed by atoms with Crippen molar-refractivity contribution < 1.29 is 18.3 Å². The second-order valence-electron chi connectivity index (χ2n) is 3.22. The average Bonchev–Trinajstić information content (AvgIpc) is 2.12. The largest absolute Gasteiger partial charge is 0.480 e. The van der Waals surface area contributed by atoms with Gasteiger partial charge in [-0.25, -0.2) is 8.42 Å². The van der Waals surface area contributed by atoms with Gasteiger partial charge < -0.3 is 5.11 Å². The monoisotopic (exact) mass is 233 g/mol. The van der Waals surface area contributed by atoms with Gasteiger partial charge in [0, 0.05) is 6.42 Å². The molecule has 0 heterocycles. The number of hydrogen-bond donors (Lipinski definition) is 1. The second-order valence-corrected chi connectivity index (χ2v) is 5.52. The van der Waals surface area contributed by atoms with E-state index in [0.29, 0.717) is 19.3 Å². The maximum atomic E-state index is 11.5. The molecule has 0 amide bonds. The molecule has 5 nitrogen and oxygen atoms in total. The highest BCUT2D eigenvalue weighted by molar-refractivity contribution is 7.92. The van der Waals surface area contributed by atoms with E-state index >= 15 is 0 Å². The third-order valence-electron chi connectivity index (χ3n) is 2.05. The van der Waals surface area contributed by atoms with Crippen molar-refractivity contribution in [1.29, 1.82) is 5.26 Å². The molecule has 0 bridgehead atoms.